The van der Waals surface area contributed by atoms with E-state index >= 15 is 0 Å². The van der Waals surface area contributed by atoms with Gasteiger partial charge in [0.2, 0.25) is 0 Å². The van der Waals surface area contributed by atoms with Gasteiger partial charge in [-0.25, -0.2) is 5.84 Å². The molecule has 0 aromatic heterocycles. The lowest BCUT2D eigenvalue weighted by molar-refractivity contribution is -0.129. The third kappa shape index (κ3) is 6.58. The monoisotopic (exact) mass is 403 g/mol. The van der Waals surface area contributed by atoms with Gasteiger partial charge in [-0.05, 0) is 57.2 Å². The number of nitrogens with two attached hydrogens (primary N) is 1. The molecule has 2 rings (SSSR count). The van der Waals surface area contributed by atoms with E-state index in [1.807, 2.05) is 55.3 Å². The highest BCUT2D eigenvalue weighted by atomic mass is 32.1. The van der Waals surface area contributed by atoms with Crippen LogP contribution < -0.4 is 21.5 Å². The average molecular weight is 404 g/mol. The zero-order chi connectivity index (χ0) is 20.4. The average Bonchev–Trinajstić information content (AvgIpc) is 2.73. The molecule has 0 saturated carbocycles. The first kappa shape index (κ1) is 22.3. The van der Waals surface area contributed by atoms with E-state index in [0.29, 0.717) is 18.8 Å². The van der Waals surface area contributed by atoms with E-state index in [0.717, 1.165) is 43.6 Å². The molecule has 0 radical (unpaired) electrons. The summed E-state index contributed by atoms with van der Waals surface area (Å²) in [5.74, 6) is 6.10. The molecule has 0 spiro atoms. The fraction of sp³-hybridized carbons (Fsp3) is 0.476. The summed E-state index contributed by atoms with van der Waals surface area (Å²) in [6, 6.07) is 10.0. The first-order chi connectivity index (χ1) is 13.6. The van der Waals surface area contributed by atoms with E-state index in [-0.39, 0.29) is 11.9 Å². The van der Waals surface area contributed by atoms with Crippen molar-refractivity contribution in [2.75, 3.05) is 31.2 Å². The Morgan fingerprint density at radius 3 is 2.75 bits per heavy atom. The Kier molecular flexibility index (Phi) is 9.40. The lowest BCUT2D eigenvalue weighted by Gasteiger charge is -2.34. The number of thiol groups is 1. The first-order valence-corrected chi connectivity index (χ1v) is 10.4. The Balaban J connectivity index is 1.87. The summed E-state index contributed by atoms with van der Waals surface area (Å²) in [5.41, 5.74) is 2.59. The van der Waals surface area contributed by atoms with Crippen molar-refractivity contribution < 1.29 is 4.79 Å². The second-order valence-electron chi connectivity index (χ2n) is 7.03. The fourth-order valence-electron chi connectivity index (χ4n) is 3.37. The Bertz CT molecular complexity index is 671. The Hall–Kier alpha value is -1.96. The smallest absolute Gasteiger partial charge is 0.270 e. The van der Waals surface area contributed by atoms with Crippen molar-refractivity contribution in [3.05, 3.63) is 53.2 Å². The van der Waals surface area contributed by atoms with Crippen LogP contribution in [0.25, 0.3) is 0 Å². The number of nitrogens with one attached hydrogen (secondary N) is 2. The molecule has 1 heterocycles. The maximum Gasteiger partial charge on any atom is 0.270 e. The third-order valence-electron chi connectivity index (χ3n) is 4.92. The molecule has 0 unspecified atom stereocenters. The number of hydrogen-bond acceptors (Lipinski definition) is 6. The summed E-state index contributed by atoms with van der Waals surface area (Å²) in [6.45, 7) is 7.27. The molecule has 1 aromatic carbocycles. The van der Waals surface area contributed by atoms with Gasteiger partial charge in [0.05, 0.1) is 5.69 Å². The van der Waals surface area contributed by atoms with Crippen LogP contribution in [0.4, 0.5) is 5.69 Å². The molecule has 0 aliphatic carbocycles. The van der Waals surface area contributed by atoms with Crippen LogP contribution >= 0.6 is 12.6 Å². The van der Waals surface area contributed by atoms with Gasteiger partial charge in [0.1, 0.15) is 5.70 Å². The minimum absolute atomic E-state index is 0.0116. The SMILES string of the molecule is CCN(C(=O)/C(=C/S)NCC/C(C)=C/N(N)c1ccccc1)[C@H]1CCCNC1. The van der Waals surface area contributed by atoms with Gasteiger partial charge in [-0.2, -0.15) is 0 Å². The molecular formula is C21H33N5OS. The largest absolute Gasteiger partial charge is 0.380 e. The number of piperidine rings is 1. The minimum Gasteiger partial charge on any atom is -0.380 e. The van der Waals surface area contributed by atoms with Gasteiger partial charge in [0.15, 0.2) is 0 Å². The molecule has 7 heteroatoms. The molecule has 6 nitrogen and oxygen atoms in total. The molecule has 1 aliphatic heterocycles. The number of amides is 1. The topological polar surface area (TPSA) is 73.6 Å². The Morgan fingerprint density at radius 1 is 1.39 bits per heavy atom. The maximum atomic E-state index is 12.9. The quantitative estimate of drug-likeness (QED) is 0.221. The highest BCUT2D eigenvalue weighted by Gasteiger charge is 2.25. The number of carbonyl (C=O) groups is 1. The lowest BCUT2D eigenvalue weighted by atomic mass is 10.1. The minimum atomic E-state index is 0.0116. The zero-order valence-electron chi connectivity index (χ0n) is 16.9. The molecule has 0 bridgehead atoms. The number of nitrogens with zero attached hydrogens (tertiary/aromatic N) is 2. The molecule has 1 atom stereocenters. The number of para-hydroxylation sites is 1. The van der Waals surface area contributed by atoms with Gasteiger partial charge in [0, 0.05) is 31.9 Å². The second kappa shape index (κ2) is 11.8. The number of rotatable bonds is 9. The maximum absolute atomic E-state index is 12.9. The lowest BCUT2D eigenvalue weighted by Crippen LogP contribution is -2.50. The van der Waals surface area contributed by atoms with Crippen LogP contribution in [0.5, 0.6) is 0 Å². The van der Waals surface area contributed by atoms with Crippen LogP contribution in [0.2, 0.25) is 0 Å². The zero-order valence-corrected chi connectivity index (χ0v) is 17.8. The van der Waals surface area contributed by atoms with Crippen LogP contribution in [-0.2, 0) is 4.79 Å². The normalized spacial score (nSPS) is 17.9. The van der Waals surface area contributed by atoms with Gasteiger partial charge in [-0.15, -0.1) is 12.6 Å². The highest BCUT2D eigenvalue weighted by molar-refractivity contribution is 7.83. The predicted molar refractivity (Wildman–Crippen MR) is 120 cm³/mol. The molecule has 1 saturated heterocycles. The molecule has 1 fully saturated rings. The Labute approximate surface area is 174 Å². The molecule has 28 heavy (non-hydrogen) atoms. The standard InChI is InChI=1S/C21H33N5OS/c1-3-25(19-10-7-12-23-14-19)21(27)20(16-28)24-13-11-17(2)15-26(22)18-8-5-4-6-9-18/h4-6,8-9,15-16,19,23-24,28H,3,7,10-14,22H2,1-2H3/b17-15+,20-16-/t19-/m0/s1. The van der Waals surface area contributed by atoms with Crippen LogP contribution in [0, 0.1) is 0 Å². The molecular weight excluding hydrogens is 370 g/mol. The van der Waals surface area contributed by atoms with Gasteiger partial charge in [-0.1, -0.05) is 23.8 Å². The molecule has 1 aromatic rings. The highest BCUT2D eigenvalue weighted by Crippen LogP contribution is 2.14. The summed E-state index contributed by atoms with van der Waals surface area (Å²) in [6.07, 6.45) is 4.83. The predicted octanol–water partition coefficient (Wildman–Crippen LogP) is 2.62. The van der Waals surface area contributed by atoms with E-state index in [2.05, 4.69) is 23.3 Å². The number of hydrogen-bond donors (Lipinski definition) is 4. The third-order valence-corrected chi connectivity index (χ3v) is 5.18. The van der Waals surface area contributed by atoms with Crippen LogP contribution in [0.15, 0.2) is 53.2 Å². The van der Waals surface area contributed by atoms with Gasteiger partial charge < -0.3 is 15.5 Å². The van der Waals surface area contributed by atoms with E-state index in [9.17, 15) is 4.79 Å². The number of anilines is 1. The number of likely N-dealkylation sites (N-methyl/N-ethyl adjacent to an activating group) is 1. The number of hydrazine groups is 1. The summed E-state index contributed by atoms with van der Waals surface area (Å²) in [5, 5.41) is 9.80. The van der Waals surface area contributed by atoms with Crippen molar-refractivity contribution in [2.24, 2.45) is 5.84 Å². The van der Waals surface area contributed by atoms with Crippen molar-refractivity contribution in [2.45, 2.75) is 39.2 Å². The summed E-state index contributed by atoms with van der Waals surface area (Å²) < 4.78 is 0. The fourth-order valence-corrected chi connectivity index (χ4v) is 3.57. The van der Waals surface area contributed by atoms with Crippen molar-refractivity contribution >= 4 is 24.2 Å². The van der Waals surface area contributed by atoms with Crippen molar-refractivity contribution in [3.8, 4) is 0 Å². The van der Waals surface area contributed by atoms with Crippen LogP contribution in [-0.4, -0.2) is 43.0 Å². The van der Waals surface area contributed by atoms with E-state index in [4.69, 9.17) is 5.84 Å². The van der Waals surface area contributed by atoms with E-state index in [1.165, 1.54) is 0 Å². The molecule has 1 amide bonds. The van der Waals surface area contributed by atoms with E-state index in [1.54, 1.807) is 10.4 Å². The van der Waals surface area contributed by atoms with Crippen molar-refractivity contribution in [1.29, 1.82) is 0 Å². The van der Waals surface area contributed by atoms with Gasteiger partial charge in [0.25, 0.3) is 5.91 Å². The summed E-state index contributed by atoms with van der Waals surface area (Å²) >= 11 is 4.25. The van der Waals surface area contributed by atoms with Gasteiger partial charge in [-0.3, -0.25) is 9.80 Å². The molecule has 1 aliphatic rings. The second-order valence-corrected chi connectivity index (χ2v) is 7.29. The summed E-state index contributed by atoms with van der Waals surface area (Å²) in [7, 11) is 0. The first-order valence-electron chi connectivity index (χ1n) is 9.93. The van der Waals surface area contributed by atoms with Crippen LogP contribution in [0.3, 0.4) is 0 Å². The van der Waals surface area contributed by atoms with Crippen molar-refractivity contribution in [1.82, 2.24) is 15.5 Å². The van der Waals surface area contributed by atoms with E-state index < -0.39 is 0 Å². The number of benzene rings is 1. The van der Waals surface area contributed by atoms with Gasteiger partial charge >= 0.3 is 0 Å². The Morgan fingerprint density at radius 2 is 2.14 bits per heavy atom. The number of carbonyl (C=O) groups excluding carboxylic acids is 1. The molecule has 154 valence electrons. The molecule has 4 N–H and O–H groups in total. The summed E-state index contributed by atoms with van der Waals surface area (Å²) in [4.78, 5) is 14.9. The van der Waals surface area contributed by atoms with Crippen molar-refractivity contribution in [3.63, 3.8) is 0 Å². The van der Waals surface area contributed by atoms with Crippen LogP contribution in [0.1, 0.15) is 33.1 Å².